The summed E-state index contributed by atoms with van der Waals surface area (Å²) in [7, 11) is 0. The van der Waals surface area contributed by atoms with Crippen molar-refractivity contribution in [2.24, 2.45) is 0 Å². The number of halogens is 1. The quantitative estimate of drug-likeness (QED) is 0.636. The molecule has 0 saturated carbocycles. The van der Waals surface area contributed by atoms with E-state index in [9.17, 15) is 4.39 Å². The van der Waals surface area contributed by atoms with E-state index in [0.29, 0.717) is 0 Å². The van der Waals surface area contributed by atoms with Crippen LogP contribution in [0.5, 0.6) is 0 Å². The van der Waals surface area contributed by atoms with Gasteiger partial charge < -0.3 is 0 Å². The number of benzene rings is 1. The van der Waals surface area contributed by atoms with Crippen LogP contribution in [-0.2, 0) is 6.42 Å². The molecule has 1 heteroatoms. The largest absolute Gasteiger partial charge is 0.207 e. The molecule has 1 rings (SSSR count). The Balaban J connectivity index is 2.87. The van der Waals surface area contributed by atoms with Gasteiger partial charge >= 0.3 is 0 Å². The van der Waals surface area contributed by atoms with Crippen molar-refractivity contribution in [2.45, 2.75) is 33.6 Å². The molecular formula is C13H17F. The fourth-order valence-electron chi connectivity index (χ4n) is 1.48. The van der Waals surface area contributed by atoms with Crippen molar-refractivity contribution in [3.05, 3.63) is 46.8 Å². The van der Waals surface area contributed by atoms with Crippen LogP contribution in [0, 0.1) is 19.7 Å². The number of rotatable bonds is 3. The lowest BCUT2D eigenvalue weighted by Gasteiger charge is -2.07. The molecule has 0 spiro atoms. The Hall–Kier alpha value is -1.11. The van der Waals surface area contributed by atoms with Crippen molar-refractivity contribution < 1.29 is 4.39 Å². The first-order chi connectivity index (χ1) is 6.50. The normalized spacial score (nSPS) is 10.3. The molecular weight excluding hydrogens is 175 g/mol. The van der Waals surface area contributed by atoms with Gasteiger partial charge in [-0.05, 0) is 56.4 Å². The van der Waals surface area contributed by atoms with Crippen molar-refractivity contribution in [2.75, 3.05) is 0 Å². The maximum Gasteiger partial charge on any atom is 0.126 e. The van der Waals surface area contributed by atoms with Gasteiger partial charge in [0.25, 0.3) is 0 Å². The van der Waals surface area contributed by atoms with E-state index in [1.807, 2.05) is 19.9 Å². The molecule has 0 aliphatic rings. The zero-order valence-corrected chi connectivity index (χ0v) is 9.15. The summed E-state index contributed by atoms with van der Waals surface area (Å²) in [6.07, 6.45) is 1.82. The molecule has 0 N–H and O–H groups in total. The highest BCUT2D eigenvalue weighted by Gasteiger charge is 2.03. The highest BCUT2D eigenvalue weighted by Crippen LogP contribution is 2.17. The molecule has 0 aromatic heterocycles. The molecule has 1 aromatic rings. The lowest BCUT2D eigenvalue weighted by Crippen LogP contribution is -1.94. The molecule has 14 heavy (non-hydrogen) atoms. The Bertz CT molecular complexity index is 350. The second-order valence-corrected chi connectivity index (χ2v) is 3.98. The van der Waals surface area contributed by atoms with Crippen LogP contribution in [0.2, 0.25) is 0 Å². The third kappa shape index (κ3) is 2.69. The molecule has 0 radical (unpaired) electrons. The summed E-state index contributed by atoms with van der Waals surface area (Å²) in [6, 6.07) is 3.55. The number of hydrogen-bond acceptors (Lipinski definition) is 0. The molecule has 0 aliphatic heterocycles. The van der Waals surface area contributed by atoms with Gasteiger partial charge in [-0.25, -0.2) is 4.39 Å². The smallest absolute Gasteiger partial charge is 0.126 e. The van der Waals surface area contributed by atoms with Gasteiger partial charge in [0.2, 0.25) is 0 Å². The zero-order valence-electron chi connectivity index (χ0n) is 9.15. The second kappa shape index (κ2) is 4.41. The van der Waals surface area contributed by atoms with E-state index in [-0.39, 0.29) is 5.82 Å². The van der Waals surface area contributed by atoms with E-state index in [4.69, 9.17) is 0 Å². The predicted molar refractivity (Wildman–Crippen MR) is 59.0 cm³/mol. The van der Waals surface area contributed by atoms with E-state index in [2.05, 4.69) is 6.58 Å². The summed E-state index contributed by atoms with van der Waals surface area (Å²) in [5.74, 6) is -0.104. The lowest BCUT2D eigenvalue weighted by molar-refractivity contribution is 0.615. The Morgan fingerprint density at radius 3 is 2.50 bits per heavy atom. The average molecular weight is 192 g/mol. The van der Waals surface area contributed by atoms with Crippen molar-refractivity contribution in [3.8, 4) is 0 Å². The minimum Gasteiger partial charge on any atom is -0.207 e. The highest BCUT2D eigenvalue weighted by molar-refractivity contribution is 5.32. The first-order valence-electron chi connectivity index (χ1n) is 4.90. The van der Waals surface area contributed by atoms with Gasteiger partial charge in [-0.3, -0.25) is 0 Å². The molecule has 0 amide bonds. The number of hydrogen-bond donors (Lipinski definition) is 0. The van der Waals surface area contributed by atoms with Gasteiger partial charge in [0.15, 0.2) is 0 Å². The van der Waals surface area contributed by atoms with Crippen LogP contribution < -0.4 is 0 Å². The van der Waals surface area contributed by atoms with Crippen molar-refractivity contribution >= 4 is 0 Å². The zero-order chi connectivity index (χ0) is 10.7. The monoisotopic (exact) mass is 192 g/mol. The summed E-state index contributed by atoms with van der Waals surface area (Å²) < 4.78 is 13.3. The van der Waals surface area contributed by atoms with Gasteiger partial charge in [0, 0.05) is 0 Å². The first kappa shape index (κ1) is 11.0. The fraction of sp³-hybridized carbons (Fsp3) is 0.385. The van der Waals surface area contributed by atoms with Crippen LogP contribution in [0.4, 0.5) is 4.39 Å². The molecule has 0 fully saturated rings. The van der Waals surface area contributed by atoms with E-state index in [1.54, 1.807) is 13.0 Å². The second-order valence-electron chi connectivity index (χ2n) is 3.98. The Labute approximate surface area is 85.5 Å². The summed E-state index contributed by atoms with van der Waals surface area (Å²) in [5.41, 5.74) is 4.13. The van der Waals surface area contributed by atoms with Gasteiger partial charge in [0.05, 0.1) is 0 Å². The van der Waals surface area contributed by atoms with Crippen LogP contribution in [0.1, 0.15) is 30.0 Å². The molecule has 0 nitrogen and oxygen atoms in total. The van der Waals surface area contributed by atoms with E-state index < -0.39 is 0 Å². The maximum atomic E-state index is 13.3. The lowest BCUT2D eigenvalue weighted by atomic mass is 9.99. The summed E-state index contributed by atoms with van der Waals surface area (Å²) in [5, 5.41) is 0. The van der Waals surface area contributed by atoms with Crippen LogP contribution in [0.3, 0.4) is 0 Å². The van der Waals surface area contributed by atoms with E-state index >= 15 is 0 Å². The minimum absolute atomic E-state index is 0.104. The minimum atomic E-state index is -0.104. The molecule has 0 bridgehead atoms. The molecule has 0 heterocycles. The highest BCUT2D eigenvalue weighted by atomic mass is 19.1. The van der Waals surface area contributed by atoms with Gasteiger partial charge in [0.1, 0.15) is 5.82 Å². The Morgan fingerprint density at radius 2 is 1.93 bits per heavy atom. The van der Waals surface area contributed by atoms with Gasteiger partial charge in [-0.2, -0.15) is 0 Å². The molecule has 0 atom stereocenters. The molecule has 0 aliphatic carbocycles. The summed E-state index contributed by atoms with van der Waals surface area (Å²) >= 11 is 0. The summed E-state index contributed by atoms with van der Waals surface area (Å²) in [6.45, 7) is 9.67. The van der Waals surface area contributed by atoms with Gasteiger partial charge in [-0.1, -0.05) is 11.6 Å². The summed E-state index contributed by atoms with van der Waals surface area (Å²) in [4.78, 5) is 0. The molecule has 1 aromatic carbocycles. The number of allylic oxidation sites excluding steroid dienone is 1. The molecule has 0 unspecified atom stereocenters. The fourth-order valence-corrected chi connectivity index (χ4v) is 1.48. The van der Waals surface area contributed by atoms with Crippen LogP contribution in [0.25, 0.3) is 0 Å². The van der Waals surface area contributed by atoms with Crippen LogP contribution in [-0.4, -0.2) is 0 Å². The third-order valence-corrected chi connectivity index (χ3v) is 2.44. The molecule has 76 valence electrons. The van der Waals surface area contributed by atoms with Crippen molar-refractivity contribution in [1.82, 2.24) is 0 Å². The SMILES string of the molecule is C=C(C)CCc1cc(F)c(C)cc1C. The average Bonchev–Trinajstić information content (AvgIpc) is 2.09. The van der Waals surface area contributed by atoms with E-state index in [1.165, 1.54) is 5.56 Å². The predicted octanol–water partition coefficient (Wildman–Crippen LogP) is 3.95. The molecule has 0 saturated heterocycles. The first-order valence-corrected chi connectivity index (χ1v) is 4.90. The topological polar surface area (TPSA) is 0 Å². The maximum absolute atomic E-state index is 13.3. The van der Waals surface area contributed by atoms with Crippen LogP contribution >= 0.6 is 0 Å². The standard InChI is InChI=1S/C13H17F/c1-9(2)5-6-12-8-13(14)11(4)7-10(12)3/h7-8H,1,5-6H2,2-4H3. The van der Waals surface area contributed by atoms with Crippen LogP contribution in [0.15, 0.2) is 24.3 Å². The van der Waals surface area contributed by atoms with E-state index in [0.717, 1.165) is 29.5 Å². The third-order valence-electron chi connectivity index (χ3n) is 2.44. The number of aryl methyl sites for hydroxylation is 3. The van der Waals surface area contributed by atoms with Gasteiger partial charge in [-0.15, -0.1) is 6.58 Å². The van der Waals surface area contributed by atoms with Crippen molar-refractivity contribution in [3.63, 3.8) is 0 Å². The Morgan fingerprint density at radius 1 is 1.29 bits per heavy atom. The van der Waals surface area contributed by atoms with Crippen molar-refractivity contribution in [1.29, 1.82) is 0 Å². The Kier molecular flexibility index (Phi) is 3.45.